The van der Waals surface area contributed by atoms with Gasteiger partial charge in [0.2, 0.25) is 10.0 Å². The molecule has 2 unspecified atom stereocenters. The summed E-state index contributed by atoms with van der Waals surface area (Å²) in [4.78, 5) is 0. The van der Waals surface area contributed by atoms with Gasteiger partial charge in [-0.3, -0.25) is 0 Å². The first kappa shape index (κ1) is 17.4. The molecule has 1 aromatic carbocycles. The van der Waals surface area contributed by atoms with E-state index >= 15 is 0 Å². The lowest BCUT2D eigenvalue weighted by Crippen LogP contribution is -2.52. The molecule has 0 saturated carbocycles. The zero-order valence-corrected chi connectivity index (χ0v) is 12.9. The van der Waals surface area contributed by atoms with Crippen LogP contribution in [0.5, 0.6) is 0 Å². The fourth-order valence-electron chi connectivity index (χ4n) is 2.28. The maximum Gasteiger partial charge on any atom is 0.216 e. The second kappa shape index (κ2) is 7.36. The van der Waals surface area contributed by atoms with Crippen molar-refractivity contribution in [3.8, 4) is 0 Å². The fourth-order valence-corrected chi connectivity index (χ4v) is 3.78. The lowest BCUT2D eigenvalue weighted by Gasteiger charge is -2.30. The molecule has 2 rings (SSSR count). The predicted molar refractivity (Wildman–Crippen MR) is 79.9 cm³/mol. The second-order valence-electron chi connectivity index (χ2n) is 4.99. The van der Waals surface area contributed by atoms with Gasteiger partial charge in [-0.25, -0.2) is 17.5 Å². The van der Waals surface area contributed by atoms with Crippen molar-refractivity contribution >= 4 is 22.4 Å². The molecule has 4 nitrogen and oxygen atoms in total. The van der Waals surface area contributed by atoms with E-state index in [4.69, 9.17) is 0 Å². The number of halogens is 2. The van der Waals surface area contributed by atoms with Gasteiger partial charge in [-0.05, 0) is 44.0 Å². The largest absolute Gasteiger partial charge is 0.313 e. The first-order chi connectivity index (χ1) is 8.96. The Balaban J connectivity index is 0.00000200. The molecular weight excluding hydrogens is 303 g/mol. The molecule has 114 valence electrons. The van der Waals surface area contributed by atoms with Crippen molar-refractivity contribution < 1.29 is 12.8 Å². The molecule has 2 atom stereocenters. The van der Waals surface area contributed by atoms with Crippen LogP contribution in [0.3, 0.4) is 0 Å². The molecule has 1 aliphatic rings. The van der Waals surface area contributed by atoms with Crippen LogP contribution >= 0.6 is 12.4 Å². The topological polar surface area (TPSA) is 58.2 Å². The van der Waals surface area contributed by atoms with Gasteiger partial charge in [0.25, 0.3) is 0 Å². The molecule has 20 heavy (non-hydrogen) atoms. The third kappa shape index (κ3) is 5.01. The molecule has 1 aromatic rings. The summed E-state index contributed by atoms with van der Waals surface area (Å²) in [5, 5.41) is 3.25. The van der Waals surface area contributed by atoms with Crippen molar-refractivity contribution in [2.75, 3.05) is 6.54 Å². The Bertz CT molecular complexity index is 522. The van der Waals surface area contributed by atoms with Crippen molar-refractivity contribution in [2.45, 2.75) is 37.6 Å². The predicted octanol–water partition coefficient (Wildman–Crippen LogP) is 1.81. The maximum atomic E-state index is 12.8. The van der Waals surface area contributed by atoms with Crippen LogP contribution in [0.15, 0.2) is 24.3 Å². The lowest BCUT2D eigenvalue weighted by molar-refractivity contribution is 0.348. The minimum atomic E-state index is -3.39. The maximum absolute atomic E-state index is 12.8. The fraction of sp³-hybridized carbons (Fsp3) is 0.538. The molecule has 1 saturated heterocycles. The lowest BCUT2D eigenvalue weighted by atomic mass is 10.0. The summed E-state index contributed by atoms with van der Waals surface area (Å²) in [5.41, 5.74) is 0.588. The van der Waals surface area contributed by atoms with Crippen LogP contribution in [0, 0.1) is 5.82 Å². The Morgan fingerprint density at radius 3 is 2.60 bits per heavy atom. The molecule has 1 fully saturated rings. The van der Waals surface area contributed by atoms with E-state index in [2.05, 4.69) is 10.0 Å². The number of nitrogens with one attached hydrogen (secondary N) is 2. The van der Waals surface area contributed by atoms with Gasteiger partial charge in [-0.2, -0.15) is 0 Å². The van der Waals surface area contributed by atoms with Crippen molar-refractivity contribution in [2.24, 2.45) is 0 Å². The molecule has 0 aliphatic carbocycles. The van der Waals surface area contributed by atoms with E-state index < -0.39 is 10.0 Å². The minimum Gasteiger partial charge on any atom is -0.313 e. The van der Waals surface area contributed by atoms with Gasteiger partial charge in [-0.15, -0.1) is 12.4 Å². The highest BCUT2D eigenvalue weighted by Crippen LogP contribution is 2.12. The summed E-state index contributed by atoms with van der Waals surface area (Å²) in [6.07, 6.45) is 1.81. The zero-order valence-electron chi connectivity index (χ0n) is 11.3. The van der Waals surface area contributed by atoms with Crippen LogP contribution in [0.2, 0.25) is 0 Å². The van der Waals surface area contributed by atoms with Gasteiger partial charge in [0.1, 0.15) is 5.82 Å². The standard InChI is InChI=1S/C13H19FN2O2S.ClH/c1-10-13(3-2-8-15-10)16-19(17,18)9-11-4-6-12(14)7-5-11;/h4-7,10,13,15-16H,2-3,8-9H2,1H3;1H. The number of hydrogen-bond acceptors (Lipinski definition) is 3. The molecule has 1 heterocycles. The van der Waals surface area contributed by atoms with Gasteiger partial charge in [0, 0.05) is 12.1 Å². The smallest absolute Gasteiger partial charge is 0.216 e. The Hall–Kier alpha value is -0.690. The van der Waals surface area contributed by atoms with Crippen molar-refractivity contribution in [3.05, 3.63) is 35.6 Å². The van der Waals surface area contributed by atoms with Gasteiger partial charge < -0.3 is 5.32 Å². The quantitative estimate of drug-likeness (QED) is 0.889. The minimum absolute atomic E-state index is 0. The van der Waals surface area contributed by atoms with Gasteiger partial charge >= 0.3 is 0 Å². The highest BCUT2D eigenvalue weighted by Gasteiger charge is 2.25. The van der Waals surface area contributed by atoms with Crippen LogP contribution in [0.25, 0.3) is 0 Å². The van der Waals surface area contributed by atoms with Crippen molar-refractivity contribution in [3.63, 3.8) is 0 Å². The highest BCUT2D eigenvalue weighted by molar-refractivity contribution is 7.88. The number of benzene rings is 1. The van der Waals surface area contributed by atoms with Gasteiger partial charge in [0.05, 0.1) is 5.75 Å². The normalized spacial score (nSPS) is 23.1. The van der Waals surface area contributed by atoms with E-state index in [1.165, 1.54) is 24.3 Å². The van der Waals surface area contributed by atoms with Crippen LogP contribution in [0.4, 0.5) is 4.39 Å². The molecule has 7 heteroatoms. The summed E-state index contributed by atoms with van der Waals surface area (Å²) < 4.78 is 39.6. The van der Waals surface area contributed by atoms with E-state index in [9.17, 15) is 12.8 Å². The molecular formula is C13H20ClFN2O2S. The zero-order chi connectivity index (χ0) is 13.9. The van der Waals surface area contributed by atoms with Crippen LogP contribution < -0.4 is 10.0 Å². The third-order valence-corrected chi connectivity index (χ3v) is 4.74. The summed E-state index contributed by atoms with van der Waals surface area (Å²) in [6, 6.07) is 5.61. The summed E-state index contributed by atoms with van der Waals surface area (Å²) in [6.45, 7) is 2.90. The molecule has 1 aliphatic heterocycles. The van der Waals surface area contributed by atoms with Crippen LogP contribution in [0.1, 0.15) is 25.3 Å². The monoisotopic (exact) mass is 322 g/mol. The van der Waals surface area contributed by atoms with Crippen LogP contribution in [-0.4, -0.2) is 27.0 Å². The first-order valence-corrected chi connectivity index (χ1v) is 8.09. The Morgan fingerprint density at radius 1 is 1.35 bits per heavy atom. The Kier molecular flexibility index (Phi) is 6.39. The molecule has 0 amide bonds. The molecule has 0 bridgehead atoms. The Morgan fingerprint density at radius 2 is 2.00 bits per heavy atom. The first-order valence-electron chi connectivity index (χ1n) is 6.44. The van der Waals surface area contributed by atoms with Gasteiger partial charge in [-0.1, -0.05) is 12.1 Å². The van der Waals surface area contributed by atoms with E-state index in [1.54, 1.807) is 0 Å². The molecule has 0 aromatic heterocycles. The number of hydrogen-bond donors (Lipinski definition) is 2. The van der Waals surface area contributed by atoms with E-state index in [-0.39, 0.29) is 36.1 Å². The summed E-state index contributed by atoms with van der Waals surface area (Å²) in [7, 11) is -3.39. The van der Waals surface area contributed by atoms with E-state index in [0.717, 1.165) is 19.4 Å². The van der Waals surface area contributed by atoms with Crippen LogP contribution in [-0.2, 0) is 15.8 Å². The van der Waals surface area contributed by atoms with Crippen molar-refractivity contribution in [1.29, 1.82) is 0 Å². The summed E-state index contributed by atoms with van der Waals surface area (Å²) in [5.74, 6) is -0.476. The number of rotatable bonds is 4. The van der Waals surface area contributed by atoms with Crippen molar-refractivity contribution in [1.82, 2.24) is 10.0 Å². The highest BCUT2D eigenvalue weighted by atomic mass is 35.5. The number of sulfonamides is 1. The molecule has 0 radical (unpaired) electrons. The third-order valence-electron chi connectivity index (χ3n) is 3.36. The summed E-state index contributed by atoms with van der Waals surface area (Å²) >= 11 is 0. The van der Waals surface area contributed by atoms with E-state index in [0.29, 0.717) is 5.56 Å². The Labute approximate surface area is 125 Å². The van der Waals surface area contributed by atoms with E-state index in [1.807, 2.05) is 6.92 Å². The second-order valence-corrected chi connectivity index (χ2v) is 6.75. The molecule has 2 N–H and O–H groups in total. The molecule has 0 spiro atoms. The van der Waals surface area contributed by atoms with Gasteiger partial charge in [0.15, 0.2) is 0 Å². The average Bonchev–Trinajstić information content (AvgIpc) is 2.35. The SMILES string of the molecule is CC1NCCCC1NS(=O)(=O)Cc1ccc(F)cc1.Cl. The number of piperidine rings is 1. The average molecular weight is 323 g/mol.